The average molecular weight is 262 g/mol. The number of piperidine rings is 1. The molecule has 2 bridgehead atoms. The summed E-state index contributed by atoms with van der Waals surface area (Å²) < 4.78 is 5.35. The van der Waals surface area contributed by atoms with Crippen molar-refractivity contribution in [2.45, 2.75) is 50.3 Å². The number of rotatable bonds is 3. The minimum absolute atomic E-state index is 0.510. The number of hydrogen-bond acceptors (Lipinski definition) is 4. The zero-order valence-electron chi connectivity index (χ0n) is 11.7. The molecule has 2 saturated heterocycles. The number of hydrogen-bond donors (Lipinski definition) is 1. The van der Waals surface area contributed by atoms with Gasteiger partial charge in [0.2, 0.25) is 5.88 Å². The van der Waals surface area contributed by atoms with Crippen LogP contribution in [0.15, 0.2) is 18.3 Å². The molecule has 4 heteroatoms. The van der Waals surface area contributed by atoms with Gasteiger partial charge in [0.15, 0.2) is 0 Å². The Bertz CT molecular complexity index is 432. The van der Waals surface area contributed by atoms with Gasteiger partial charge in [-0.3, -0.25) is 0 Å². The summed E-state index contributed by atoms with van der Waals surface area (Å²) in [5, 5.41) is 11.0. The summed E-state index contributed by atoms with van der Waals surface area (Å²) in [6, 6.07) is 4.84. The molecule has 0 aliphatic carbocycles. The van der Waals surface area contributed by atoms with Gasteiger partial charge in [0.05, 0.1) is 12.2 Å². The van der Waals surface area contributed by atoms with Crippen molar-refractivity contribution in [2.24, 2.45) is 0 Å². The molecule has 2 atom stereocenters. The largest absolute Gasteiger partial charge is 0.478 e. The Labute approximate surface area is 114 Å². The molecule has 0 radical (unpaired) electrons. The van der Waals surface area contributed by atoms with Crippen molar-refractivity contribution in [3.63, 3.8) is 0 Å². The van der Waals surface area contributed by atoms with Crippen molar-refractivity contribution in [2.75, 3.05) is 13.7 Å². The van der Waals surface area contributed by atoms with Crippen LogP contribution < -0.4 is 4.74 Å². The second kappa shape index (κ2) is 4.76. The predicted molar refractivity (Wildman–Crippen MR) is 73.1 cm³/mol. The van der Waals surface area contributed by atoms with Gasteiger partial charge < -0.3 is 14.7 Å². The van der Waals surface area contributed by atoms with Crippen LogP contribution in [0.1, 0.15) is 38.2 Å². The van der Waals surface area contributed by atoms with Crippen LogP contribution in [0.5, 0.6) is 5.88 Å². The van der Waals surface area contributed by atoms with Gasteiger partial charge in [0.1, 0.15) is 0 Å². The summed E-state index contributed by atoms with van der Waals surface area (Å²) in [6.45, 7) is 2.56. The lowest BCUT2D eigenvalue weighted by molar-refractivity contribution is -0.0495. The zero-order valence-corrected chi connectivity index (χ0v) is 11.7. The molecule has 0 saturated carbocycles. The van der Waals surface area contributed by atoms with Gasteiger partial charge in [-0.2, -0.15) is 0 Å². The third-order valence-electron chi connectivity index (χ3n) is 4.70. The molecule has 0 spiro atoms. The fourth-order valence-corrected chi connectivity index (χ4v) is 3.57. The molecule has 2 fully saturated rings. The Balaban J connectivity index is 1.81. The normalized spacial score (nSPS) is 34.5. The molecule has 2 aliphatic heterocycles. The number of aromatic nitrogens is 1. The first-order valence-electron chi connectivity index (χ1n) is 7.16. The first-order valence-corrected chi connectivity index (χ1v) is 7.16. The number of nitrogens with zero attached hydrogens (tertiary/aromatic N) is 2. The van der Waals surface area contributed by atoms with Crippen molar-refractivity contribution in [3.05, 3.63) is 23.9 Å². The second-order valence-electron chi connectivity index (χ2n) is 5.81. The maximum Gasteiger partial charge on any atom is 0.213 e. The minimum Gasteiger partial charge on any atom is -0.478 e. The van der Waals surface area contributed by atoms with Crippen molar-refractivity contribution in [3.8, 4) is 5.88 Å². The Kier molecular flexibility index (Phi) is 3.23. The molecule has 0 amide bonds. The van der Waals surface area contributed by atoms with E-state index < -0.39 is 5.60 Å². The van der Waals surface area contributed by atoms with Gasteiger partial charge >= 0.3 is 0 Å². The minimum atomic E-state index is -0.712. The smallest absolute Gasteiger partial charge is 0.213 e. The molecule has 19 heavy (non-hydrogen) atoms. The van der Waals surface area contributed by atoms with E-state index in [9.17, 15) is 5.11 Å². The van der Waals surface area contributed by atoms with Crippen LogP contribution in [0.2, 0.25) is 0 Å². The third-order valence-corrected chi connectivity index (χ3v) is 4.70. The van der Waals surface area contributed by atoms with E-state index in [4.69, 9.17) is 4.74 Å². The Hall–Kier alpha value is -1.13. The van der Waals surface area contributed by atoms with E-state index in [1.165, 1.54) is 12.8 Å². The number of aliphatic hydroxyl groups is 1. The lowest BCUT2D eigenvalue weighted by atomic mass is 9.81. The lowest BCUT2D eigenvalue weighted by Crippen LogP contribution is -2.47. The van der Waals surface area contributed by atoms with E-state index in [0.29, 0.717) is 24.6 Å². The van der Waals surface area contributed by atoms with Crippen molar-refractivity contribution >= 4 is 0 Å². The van der Waals surface area contributed by atoms with E-state index in [-0.39, 0.29) is 0 Å². The summed E-state index contributed by atoms with van der Waals surface area (Å²) in [7, 11) is 2.18. The molecular weight excluding hydrogens is 240 g/mol. The van der Waals surface area contributed by atoms with Gasteiger partial charge in [-0.05, 0) is 45.7 Å². The first kappa shape index (κ1) is 12.9. The molecule has 2 aliphatic rings. The molecule has 1 aromatic heterocycles. The Morgan fingerprint density at radius 3 is 2.58 bits per heavy atom. The monoisotopic (exact) mass is 262 g/mol. The predicted octanol–water partition coefficient (Wildman–Crippen LogP) is 1.92. The van der Waals surface area contributed by atoms with Crippen LogP contribution in [0.3, 0.4) is 0 Å². The summed E-state index contributed by atoms with van der Waals surface area (Å²) in [6.07, 6.45) is 5.81. The van der Waals surface area contributed by atoms with Gasteiger partial charge in [0.25, 0.3) is 0 Å². The summed E-state index contributed by atoms with van der Waals surface area (Å²) in [5.74, 6) is 0.630. The van der Waals surface area contributed by atoms with E-state index in [1.807, 2.05) is 19.1 Å². The molecule has 104 valence electrons. The highest BCUT2D eigenvalue weighted by Crippen LogP contribution is 2.44. The number of ether oxygens (including phenoxy) is 1. The average Bonchev–Trinajstić information content (AvgIpc) is 2.63. The fourth-order valence-electron chi connectivity index (χ4n) is 3.57. The highest BCUT2D eigenvalue weighted by molar-refractivity contribution is 5.25. The van der Waals surface area contributed by atoms with Crippen LogP contribution in [0.4, 0.5) is 0 Å². The van der Waals surface area contributed by atoms with Gasteiger partial charge in [-0.25, -0.2) is 4.98 Å². The second-order valence-corrected chi connectivity index (χ2v) is 5.81. The summed E-state index contributed by atoms with van der Waals surface area (Å²) in [5.41, 5.74) is 0.219. The van der Waals surface area contributed by atoms with E-state index in [0.717, 1.165) is 18.4 Å². The highest BCUT2D eigenvalue weighted by atomic mass is 16.5. The molecule has 2 unspecified atom stereocenters. The molecule has 1 N–H and O–H groups in total. The molecule has 0 aromatic carbocycles. The van der Waals surface area contributed by atoms with Crippen molar-refractivity contribution < 1.29 is 9.84 Å². The van der Waals surface area contributed by atoms with Gasteiger partial charge in [0, 0.05) is 29.9 Å². The molecule has 3 heterocycles. The summed E-state index contributed by atoms with van der Waals surface area (Å²) >= 11 is 0. The van der Waals surface area contributed by atoms with Crippen LogP contribution in [-0.4, -0.2) is 40.7 Å². The van der Waals surface area contributed by atoms with Crippen molar-refractivity contribution in [1.82, 2.24) is 9.88 Å². The number of fused-ring (bicyclic) bond motifs is 2. The third kappa shape index (κ3) is 2.23. The maximum absolute atomic E-state index is 11.0. The molecule has 1 aromatic rings. The molecular formula is C15H22N2O2. The van der Waals surface area contributed by atoms with E-state index in [2.05, 4.69) is 16.9 Å². The highest BCUT2D eigenvalue weighted by Gasteiger charge is 2.46. The maximum atomic E-state index is 11.0. The topological polar surface area (TPSA) is 45.6 Å². The van der Waals surface area contributed by atoms with Gasteiger partial charge in [-0.15, -0.1) is 0 Å². The Morgan fingerprint density at radius 2 is 2.05 bits per heavy atom. The lowest BCUT2D eigenvalue weighted by Gasteiger charge is -2.42. The van der Waals surface area contributed by atoms with E-state index >= 15 is 0 Å². The Morgan fingerprint density at radius 1 is 1.37 bits per heavy atom. The molecule has 4 nitrogen and oxygen atoms in total. The fraction of sp³-hybridized carbons (Fsp3) is 0.667. The molecule has 3 rings (SSSR count). The quantitative estimate of drug-likeness (QED) is 0.904. The van der Waals surface area contributed by atoms with Crippen LogP contribution in [-0.2, 0) is 5.60 Å². The number of pyridine rings is 1. The van der Waals surface area contributed by atoms with Crippen molar-refractivity contribution in [1.29, 1.82) is 0 Å². The van der Waals surface area contributed by atoms with Crippen LogP contribution >= 0.6 is 0 Å². The van der Waals surface area contributed by atoms with E-state index in [1.54, 1.807) is 6.20 Å². The SMILES string of the molecule is CCOc1ccc(C2(O)CC3CCC(C2)N3C)cn1. The van der Waals surface area contributed by atoms with Gasteiger partial charge in [-0.1, -0.05) is 0 Å². The first-order chi connectivity index (χ1) is 9.12. The van der Waals surface area contributed by atoms with Crippen LogP contribution in [0, 0.1) is 0 Å². The van der Waals surface area contributed by atoms with Crippen LogP contribution in [0.25, 0.3) is 0 Å². The zero-order chi connectivity index (χ0) is 13.5. The standard InChI is InChI=1S/C15H22N2O2/c1-3-19-14-7-4-11(10-16-14)15(18)8-12-5-6-13(9-15)17(12)2/h4,7,10,12-13,18H,3,5-6,8-9H2,1-2H3. The summed E-state index contributed by atoms with van der Waals surface area (Å²) in [4.78, 5) is 6.71.